The maximum absolute atomic E-state index is 11.4. The zero-order valence-electron chi connectivity index (χ0n) is 12.7. The summed E-state index contributed by atoms with van der Waals surface area (Å²) in [6.07, 6.45) is 1.61. The van der Waals surface area contributed by atoms with Gasteiger partial charge in [0.1, 0.15) is 0 Å². The van der Waals surface area contributed by atoms with E-state index in [-0.39, 0.29) is 17.4 Å². The smallest absolute Gasteiger partial charge is 0.220 e. The second kappa shape index (κ2) is 10.6. The van der Waals surface area contributed by atoms with Crippen LogP contribution in [-0.2, 0) is 9.53 Å². The van der Waals surface area contributed by atoms with Gasteiger partial charge in [-0.05, 0) is 25.7 Å². The van der Waals surface area contributed by atoms with Crippen molar-refractivity contribution in [2.24, 2.45) is 5.41 Å². The Kier molecular flexibility index (Phi) is 11.7. The van der Waals surface area contributed by atoms with Crippen molar-refractivity contribution in [1.29, 1.82) is 0 Å². The van der Waals surface area contributed by atoms with E-state index < -0.39 is 0 Å². The molecule has 0 aliphatic carbocycles. The average molecular weight is 245 g/mol. The maximum Gasteiger partial charge on any atom is 0.220 e. The molecule has 0 saturated heterocycles. The van der Waals surface area contributed by atoms with Gasteiger partial charge in [-0.2, -0.15) is 0 Å². The second-order valence-electron chi connectivity index (χ2n) is 5.36. The molecule has 0 aliphatic rings. The van der Waals surface area contributed by atoms with Gasteiger partial charge in [-0.3, -0.25) is 4.79 Å². The standard InChI is InChI=1S/C12H25NO2.C2H6/c1-10(2)15-8-6-7-11(14)13-9-12(3,4)5;1-2/h10H,6-9H2,1-5H3,(H,13,14);1-2H3. The van der Waals surface area contributed by atoms with Crippen molar-refractivity contribution < 1.29 is 9.53 Å². The third-order valence-corrected chi connectivity index (χ3v) is 1.82. The van der Waals surface area contributed by atoms with Crippen molar-refractivity contribution >= 4 is 5.91 Å². The van der Waals surface area contributed by atoms with E-state index in [4.69, 9.17) is 4.74 Å². The molecule has 1 amide bonds. The molecule has 0 radical (unpaired) electrons. The summed E-state index contributed by atoms with van der Waals surface area (Å²) in [7, 11) is 0. The lowest BCUT2D eigenvalue weighted by Gasteiger charge is -2.18. The minimum absolute atomic E-state index is 0.122. The number of rotatable bonds is 6. The lowest BCUT2D eigenvalue weighted by Crippen LogP contribution is -2.32. The summed E-state index contributed by atoms with van der Waals surface area (Å²) in [6, 6.07) is 0. The van der Waals surface area contributed by atoms with Crippen LogP contribution in [-0.4, -0.2) is 25.2 Å². The highest BCUT2D eigenvalue weighted by Gasteiger charge is 2.11. The Labute approximate surface area is 107 Å². The number of hydrogen-bond acceptors (Lipinski definition) is 2. The molecule has 0 atom stereocenters. The van der Waals surface area contributed by atoms with E-state index in [9.17, 15) is 4.79 Å². The zero-order chi connectivity index (χ0) is 13.9. The van der Waals surface area contributed by atoms with Crippen molar-refractivity contribution in [2.45, 2.75) is 67.4 Å². The van der Waals surface area contributed by atoms with Crippen molar-refractivity contribution in [2.75, 3.05) is 13.2 Å². The first kappa shape index (κ1) is 18.8. The van der Waals surface area contributed by atoms with E-state index in [0.717, 1.165) is 13.0 Å². The Morgan fingerprint density at radius 2 is 1.76 bits per heavy atom. The van der Waals surface area contributed by atoms with Gasteiger partial charge >= 0.3 is 0 Å². The number of ether oxygens (including phenoxy) is 1. The van der Waals surface area contributed by atoms with Crippen LogP contribution in [0.5, 0.6) is 0 Å². The molecule has 17 heavy (non-hydrogen) atoms. The van der Waals surface area contributed by atoms with Gasteiger partial charge < -0.3 is 10.1 Å². The summed E-state index contributed by atoms with van der Waals surface area (Å²) < 4.78 is 5.36. The van der Waals surface area contributed by atoms with Crippen LogP contribution in [0.25, 0.3) is 0 Å². The van der Waals surface area contributed by atoms with Gasteiger partial charge in [-0.15, -0.1) is 0 Å². The minimum atomic E-state index is 0.122. The van der Waals surface area contributed by atoms with Crippen LogP contribution in [0.1, 0.15) is 61.3 Å². The van der Waals surface area contributed by atoms with Gasteiger partial charge in [-0.1, -0.05) is 34.6 Å². The Hall–Kier alpha value is -0.570. The Morgan fingerprint density at radius 1 is 1.24 bits per heavy atom. The second-order valence-corrected chi connectivity index (χ2v) is 5.36. The molecule has 104 valence electrons. The molecule has 0 aliphatic heterocycles. The van der Waals surface area contributed by atoms with Crippen molar-refractivity contribution in [1.82, 2.24) is 5.32 Å². The van der Waals surface area contributed by atoms with Crippen LogP contribution in [0.3, 0.4) is 0 Å². The zero-order valence-corrected chi connectivity index (χ0v) is 12.7. The van der Waals surface area contributed by atoms with Gasteiger partial charge in [0.05, 0.1) is 6.10 Å². The molecule has 0 aromatic rings. The average Bonchev–Trinajstić information content (AvgIpc) is 2.23. The van der Waals surface area contributed by atoms with Crippen LogP contribution in [0.4, 0.5) is 0 Å². The topological polar surface area (TPSA) is 38.3 Å². The Morgan fingerprint density at radius 3 is 2.18 bits per heavy atom. The van der Waals surface area contributed by atoms with Crippen molar-refractivity contribution in [3.05, 3.63) is 0 Å². The van der Waals surface area contributed by atoms with E-state index in [1.54, 1.807) is 0 Å². The Balaban J connectivity index is 0. The molecule has 3 nitrogen and oxygen atoms in total. The van der Waals surface area contributed by atoms with Gasteiger partial charge in [0, 0.05) is 19.6 Å². The van der Waals surface area contributed by atoms with Gasteiger partial charge in [0.25, 0.3) is 0 Å². The lowest BCUT2D eigenvalue weighted by molar-refractivity contribution is -0.121. The first-order valence-corrected chi connectivity index (χ1v) is 6.69. The van der Waals surface area contributed by atoms with Gasteiger partial charge in [-0.25, -0.2) is 0 Å². The molecule has 3 heteroatoms. The van der Waals surface area contributed by atoms with Crippen LogP contribution in [0.2, 0.25) is 0 Å². The quantitative estimate of drug-likeness (QED) is 0.729. The summed E-state index contributed by atoms with van der Waals surface area (Å²) >= 11 is 0. The van der Waals surface area contributed by atoms with Gasteiger partial charge in [0.2, 0.25) is 5.91 Å². The molecule has 1 N–H and O–H groups in total. The molecule has 0 spiro atoms. The molecule has 0 fully saturated rings. The fourth-order valence-corrected chi connectivity index (χ4v) is 1.00. The normalized spacial score (nSPS) is 10.8. The summed E-state index contributed by atoms with van der Waals surface area (Å²) in [5.41, 5.74) is 0.157. The number of carbonyl (C=O) groups is 1. The third-order valence-electron chi connectivity index (χ3n) is 1.82. The van der Waals surface area contributed by atoms with Crippen LogP contribution >= 0.6 is 0 Å². The molecular weight excluding hydrogens is 214 g/mol. The van der Waals surface area contributed by atoms with Crippen LogP contribution in [0.15, 0.2) is 0 Å². The maximum atomic E-state index is 11.4. The fraction of sp³-hybridized carbons (Fsp3) is 0.929. The fourth-order valence-electron chi connectivity index (χ4n) is 1.00. The first-order valence-electron chi connectivity index (χ1n) is 6.69. The molecule has 0 heterocycles. The number of carbonyl (C=O) groups excluding carboxylic acids is 1. The van der Waals surface area contributed by atoms with E-state index >= 15 is 0 Å². The van der Waals surface area contributed by atoms with Crippen LogP contribution in [0, 0.1) is 5.41 Å². The first-order chi connectivity index (χ1) is 7.81. The van der Waals surface area contributed by atoms with Gasteiger partial charge in [0.15, 0.2) is 0 Å². The monoisotopic (exact) mass is 245 g/mol. The number of nitrogens with one attached hydrogen (secondary N) is 1. The third kappa shape index (κ3) is 18.0. The van der Waals surface area contributed by atoms with E-state index in [2.05, 4.69) is 26.1 Å². The molecule has 0 unspecified atom stereocenters. The predicted octanol–water partition coefficient (Wildman–Crippen LogP) is 3.38. The SMILES string of the molecule is CC.CC(C)OCCCC(=O)NCC(C)(C)C. The number of hydrogen-bond donors (Lipinski definition) is 1. The van der Waals surface area contributed by atoms with E-state index in [1.807, 2.05) is 27.7 Å². The summed E-state index contributed by atoms with van der Waals surface area (Å²) in [4.78, 5) is 11.4. The van der Waals surface area contributed by atoms with E-state index in [1.165, 1.54) is 0 Å². The lowest BCUT2D eigenvalue weighted by atomic mass is 9.97. The molecule has 0 bridgehead atoms. The largest absolute Gasteiger partial charge is 0.379 e. The van der Waals surface area contributed by atoms with Crippen LogP contribution < -0.4 is 5.32 Å². The highest BCUT2D eigenvalue weighted by atomic mass is 16.5. The van der Waals surface area contributed by atoms with Crippen molar-refractivity contribution in [3.63, 3.8) is 0 Å². The van der Waals surface area contributed by atoms with Crippen molar-refractivity contribution in [3.8, 4) is 0 Å². The molecule has 0 rings (SSSR count). The Bertz CT molecular complexity index is 183. The predicted molar refractivity (Wildman–Crippen MR) is 74.1 cm³/mol. The minimum Gasteiger partial charge on any atom is -0.379 e. The van der Waals surface area contributed by atoms with E-state index in [0.29, 0.717) is 13.0 Å². The molecule has 0 aromatic carbocycles. The summed E-state index contributed by atoms with van der Waals surface area (Å²) in [5.74, 6) is 0.122. The molecule has 0 saturated carbocycles. The summed E-state index contributed by atoms with van der Waals surface area (Å²) in [6.45, 7) is 15.7. The number of amides is 1. The highest BCUT2D eigenvalue weighted by molar-refractivity contribution is 5.75. The molecule has 0 aromatic heterocycles. The highest BCUT2D eigenvalue weighted by Crippen LogP contribution is 2.10. The molecular formula is C14H31NO2. The summed E-state index contributed by atoms with van der Waals surface area (Å²) in [5, 5.41) is 2.92.